The van der Waals surface area contributed by atoms with Crippen LogP contribution < -0.4 is 0 Å². The van der Waals surface area contributed by atoms with Crippen molar-refractivity contribution in [1.29, 1.82) is 0 Å². The summed E-state index contributed by atoms with van der Waals surface area (Å²) in [5, 5.41) is 7.93. The molecule has 1 aromatic carbocycles. The van der Waals surface area contributed by atoms with Crippen LogP contribution in [0.4, 0.5) is 0 Å². The third-order valence-corrected chi connectivity index (χ3v) is 3.75. The van der Waals surface area contributed by atoms with Crippen molar-refractivity contribution >= 4 is 0 Å². The second-order valence-corrected chi connectivity index (χ2v) is 5.47. The van der Waals surface area contributed by atoms with E-state index in [2.05, 4.69) is 45.4 Å². The molecule has 0 aliphatic carbocycles. The Kier molecular flexibility index (Phi) is 4.62. The summed E-state index contributed by atoms with van der Waals surface area (Å²) in [7, 11) is 0. The molecule has 1 aliphatic heterocycles. The average Bonchev–Trinajstić information content (AvgIpc) is 2.92. The molecule has 5 heteroatoms. The number of aromatic nitrogens is 2. The smallest absolute Gasteiger partial charge is 0.230 e. The molecule has 3 rings (SSSR count). The van der Waals surface area contributed by atoms with E-state index < -0.39 is 0 Å². The Morgan fingerprint density at radius 2 is 2.10 bits per heavy atom. The standard InChI is InChI=1S/C16H21N3O2/c1-13-17-18-16(21-13)12-19-9-10-20-15(11-19)8-7-14-5-3-2-4-6-14/h2-6,15H,7-12H2,1H3/t15-/m0/s1. The zero-order chi connectivity index (χ0) is 14.5. The zero-order valence-corrected chi connectivity index (χ0v) is 12.4. The summed E-state index contributed by atoms with van der Waals surface area (Å²) in [6.45, 7) is 5.15. The van der Waals surface area contributed by atoms with Gasteiger partial charge >= 0.3 is 0 Å². The summed E-state index contributed by atoms with van der Waals surface area (Å²) in [6.07, 6.45) is 2.38. The first kappa shape index (κ1) is 14.2. The van der Waals surface area contributed by atoms with Crippen LogP contribution >= 0.6 is 0 Å². The SMILES string of the molecule is Cc1nnc(CN2CCO[C@@H](CCc3ccccc3)C2)o1. The van der Waals surface area contributed by atoms with Crippen molar-refractivity contribution in [2.75, 3.05) is 19.7 Å². The molecular formula is C16H21N3O2. The highest BCUT2D eigenvalue weighted by molar-refractivity contribution is 5.14. The summed E-state index contributed by atoms with van der Waals surface area (Å²) in [5.41, 5.74) is 1.37. The van der Waals surface area contributed by atoms with Gasteiger partial charge in [0.05, 0.1) is 19.3 Å². The minimum absolute atomic E-state index is 0.281. The summed E-state index contributed by atoms with van der Waals surface area (Å²) in [5.74, 6) is 1.31. The first-order valence-electron chi connectivity index (χ1n) is 7.46. The highest BCUT2D eigenvalue weighted by atomic mass is 16.5. The molecule has 2 aromatic rings. The molecule has 1 fully saturated rings. The molecule has 1 aromatic heterocycles. The molecule has 1 aliphatic rings. The lowest BCUT2D eigenvalue weighted by atomic mass is 10.1. The Morgan fingerprint density at radius 1 is 1.24 bits per heavy atom. The van der Waals surface area contributed by atoms with Gasteiger partial charge < -0.3 is 9.15 Å². The molecule has 112 valence electrons. The second-order valence-electron chi connectivity index (χ2n) is 5.47. The Hall–Kier alpha value is -1.72. The molecule has 0 radical (unpaired) electrons. The average molecular weight is 287 g/mol. The Morgan fingerprint density at radius 3 is 2.86 bits per heavy atom. The van der Waals surface area contributed by atoms with Crippen LogP contribution in [0.25, 0.3) is 0 Å². The number of morpholine rings is 1. The predicted octanol–water partition coefficient (Wildman–Crippen LogP) is 2.21. The van der Waals surface area contributed by atoms with Gasteiger partial charge in [0.15, 0.2) is 0 Å². The lowest BCUT2D eigenvalue weighted by Crippen LogP contribution is -2.42. The highest BCUT2D eigenvalue weighted by Gasteiger charge is 2.21. The summed E-state index contributed by atoms with van der Waals surface area (Å²) >= 11 is 0. The third kappa shape index (κ3) is 4.12. The number of rotatable bonds is 5. The van der Waals surface area contributed by atoms with E-state index in [4.69, 9.17) is 9.15 Å². The van der Waals surface area contributed by atoms with Gasteiger partial charge in [0.1, 0.15) is 0 Å². The molecule has 0 N–H and O–H groups in total. The molecule has 21 heavy (non-hydrogen) atoms. The van der Waals surface area contributed by atoms with E-state index in [1.54, 1.807) is 0 Å². The summed E-state index contributed by atoms with van der Waals surface area (Å²) in [4.78, 5) is 2.33. The summed E-state index contributed by atoms with van der Waals surface area (Å²) < 4.78 is 11.3. The lowest BCUT2D eigenvalue weighted by Gasteiger charge is -2.32. The number of hydrogen-bond acceptors (Lipinski definition) is 5. The number of nitrogens with zero attached hydrogens (tertiary/aromatic N) is 3. The quantitative estimate of drug-likeness (QED) is 0.844. The van der Waals surface area contributed by atoms with Crippen LogP contribution in [0.15, 0.2) is 34.7 Å². The van der Waals surface area contributed by atoms with Crippen molar-refractivity contribution < 1.29 is 9.15 Å². The van der Waals surface area contributed by atoms with E-state index in [0.29, 0.717) is 18.3 Å². The highest BCUT2D eigenvalue weighted by Crippen LogP contribution is 2.14. The van der Waals surface area contributed by atoms with Crippen molar-refractivity contribution in [1.82, 2.24) is 15.1 Å². The van der Waals surface area contributed by atoms with Crippen molar-refractivity contribution in [3.63, 3.8) is 0 Å². The van der Waals surface area contributed by atoms with E-state index in [9.17, 15) is 0 Å². The molecule has 0 bridgehead atoms. The fourth-order valence-corrected chi connectivity index (χ4v) is 2.66. The van der Waals surface area contributed by atoms with E-state index >= 15 is 0 Å². The molecule has 0 amide bonds. The molecule has 0 spiro atoms. The van der Waals surface area contributed by atoms with Crippen LogP contribution in [0, 0.1) is 6.92 Å². The molecule has 0 unspecified atom stereocenters. The fraction of sp³-hybridized carbons (Fsp3) is 0.500. The Labute approximate surface area is 124 Å². The van der Waals surface area contributed by atoms with Gasteiger partial charge in [0.25, 0.3) is 0 Å². The maximum Gasteiger partial charge on any atom is 0.230 e. The summed E-state index contributed by atoms with van der Waals surface area (Å²) in [6, 6.07) is 10.6. The van der Waals surface area contributed by atoms with Crippen LogP contribution in [-0.4, -0.2) is 40.9 Å². The van der Waals surface area contributed by atoms with E-state index in [1.165, 1.54) is 5.56 Å². The van der Waals surface area contributed by atoms with Gasteiger partial charge in [-0.1, -0.05) is 30.3 Å². The predicted molar refractivity (Wildman–Crippen MR) is 78.8 cm³/mol. The topological polar surface area (TPSA) is 51.4 Å². The van der Waals surface area contributed by atoms with Crippen molar-refractivity contribution in [3.05, 3.63) is 47.7 Å². The lowest BCUT2D eigenvalue weighted by molar-refractivity contribution is -0.0367. The minimum atomic E-state index is 0.281. The van der Waals surface area contributed by atoms with Crippen LogP contribution in [0.5, 0.6) is 0 Å². The number of aryl methyl sites for hydroxylation is 2. The van der Waals surface area contributed by atoms with Gasteiger partial charge in [0, 0.05) is 20.0 Å². The van der Waals surface area contributed by atoms with Gasteiger partial charge in [-0.3, -0.25) is 4.90 Å². The van der Waals surface area contributed by atoms with Crippen molar-refractivity contribution in [2.24, 2.45) is 0 Å². The number of ether oxygens (including phenoxy) is 1. The van der Waals surface area contributed by atoms with E-state index in [-0.39, 0.29) is 6.10 Å². The van der Waals surface area contributed by atoms with Gasteiger partial charge in [0.2, 0.25) is 11.8 Å². The van der Waals surface area contributed by atoms with Gasteiger partial charge in [-0.05, 0) is 18.4 Å². The van der Waals surface area contributed by atoms with Crippen molar-refractivity contribution in [2.45, 2.75) is 32.4 Å². The molecule has 5 nitrogen and oxygen atoms in total. The van der Waals surface area contributed by atoms with Crippen molar-refractivity contribution in [3.8, 4) is 0 Å². The first-order chi connectivity index (χ1) is 10.3. The van der Waals surface area contributed by atoms with Crippen LogP contribution in [0.3, 0.4) is 0 Å². The number of hydrogen-bond donors (Lipinski definition) is 0. The van der Waals surface area contributed by atoms with Crippen LogP contribution in [0.2, 0.25) is 0 Å². The van der Waals surface area contributed by atoms with Gasteiger partial charge in [-0.2, -0.15) is 0 Å². The normalized spacial score (nSPS) is 19.8. The number of benzene rings is 1. The zero-order valence-electron chi connectivity index (χ0n) is 12.4. The molecule has 0 saturated carbocycles. The van der Waals surface area contributed by atoms with E-state index in [1.807, 2.05) is 6.92 Å². The molecule has 1 saturated heterocycles. The maximum absolute atomic E-state index is 5.86. The van der Waals surface area contributed by atoms with E-state index in [0.717, 1.165) is 32.5 Å². The monoisotopic (exact) mass is 287 g/mol. The minimum Gasteiger partial charge on any atom is -0.424 e. The fourth-order valence-electron chi connectivity index (χ4n) is 2.66. The molecule has 1 atom stereocenters. The first-order valence-corrected chi connectivity index (χ1v) is 7.46. The van der Waals surface area contributed by atoms with Crippen LogP contribution in [-0.2, 0) is 17.7 Å². The molecule has 2 heterocycles. The maximum atomic E-state index is 5.86. The Balaban J connectivity index is 1.49. The second kappa shape index (κ2) is 6.83. The largest absolute Gasteiger partial charge is 0.424 e. The Bertz CT molecular complexity index is 556. The van der Waals surface area contributed by atoms with Gasteiger partial charge in [-0.15, -0.1) is 10.2 Å². The van der Waals surface area contributed by atoms with Gasteiger partial charge in [-0.25, -0.2) is 0 Å². The van der Waals surface area contributed by atoms with Crippen LogP contribution in [0.1, 0.15) is 23.8 Å². The third-order valence-electron chi connectivity index (χ3n) is 3.75. The molecular weight excluding hydrogens is 266 g/mol.